The summed E-state index contributed by atoms with van der Waals surface area (Å²) >= 11 is 8.90. The number of nitrogens with one attached hydrogen (secondary N) is 1. The summed E-state index contributed by atoms with van der Waals surface area (Å²) < 4.78 is 12.4. The van der Waals surface area contributed by atoms with Gasteiger partial charge in [0.2, 0.25) is 0 Å². The molecule has 0 radical (unpaired) electrons. The molecule has 1 aliphatic heterocycles. The van der Waals surface area contributed by atoms with Crippen molar-refractivity contribution in [3.05, 3.63) is 93.6 Å². The van der Waals surface area contributed by atoms with Crippen LogP contribution in [0.3, 0.4) is 0 Å². The Labute approximate surface area is 207 Å². The number of rotatable bonds is 7. The average Bonchev–Trinajstić information content (AvgIpc) is 3.11. The zero-order chi connectivity index (χ0) is 23.4. The van der Waals surface area contributed by atoms with Crippen LogP contribution in [-0.4, -0.2) is 18.1 Å². The van der Waals surface area contributed by atoms with Crippen molar-refractivity contribution < 1.29 is 14.3 Å². The predicted octanol–water partition coefficient (Wildman–Crippen LogP) is 5.86. The number of hydrogen-bond acceptors (Lipinski definition) is 4. The third kappa shape index (κ3) is 5.10. The molecule has 3 aromatic rings. The number of para-hydroxylation sites is 1. The first-order chi connectivity index (χ1) is 16.0. The van der Waals surface area contributed by atoms with E-state index in [2.05, 4.69) is 28.2 Å². The summed E-state index contributed by atoms with van der Waals surface area (Å²) in [7, 11) is 1.63. The smallest absolute Gasteiger partial charge is 0.281 e. The zero-order valence-electron chi connectivity index (χ0n) is 18.3. The summed E-state index contributed by atoms with van der Waals surface area (Å²) in [5, 5.41) is 3.44. The van der Waals surface area contributed by atoms with Crippen LogP contribution in [0.5, 0.6) is 11.5 Å². The number of nitrogens with zero attached hydrogens (tertiary/aromatic N) is 1. The minimum atomic E-state index is -0.176. The molecule has 1 amide bonds. The number of aryl methyl sites for hydroxylation is 1. The number of ether oxygens (including phenoxy) is 2. The van der Waals surface area contributed by atoms with Crippen molar-refractivity contribution in [2.45, 2.75) is 20.0 Å². The molecule has 0 aliphatic carbocycles. The Hall–Kier alpha value is -3.16. The number of halogens is 1. The third-order valence-corrected chi connectivity index (χ3v) is 6.13. The molecule has 3 aromatic carbocycles. The molecule has 1 fully saturated rings. The molecule has 5 nitrogen and oxygen atoms in total. The monoisotopic (exact) mass is 522 g/mol. The van der Waals surface area contributed by atoms with Crippen molar-refractivity contribution in [3.8, 4) is 11.5 Å². The molecule has 1 heterocycles. The van der Waals surface area contributed by atoms with Gasteiger partial charge in [-0.05, 0) is 78.3 Å². The van der Waals surface area contributed by atoms with Crippen molar-refractivity contribution >= 4 is 50.9 Å². The Morgan fingerprint density at radius 1 is 1.06 bits per heavy atom. The van der Waals surface area contributed by atoms with Gasteiger partial charge in [0, 0.05) is 10.0 Å². The fourth-order valence-corrected chi connectivity index (χ4v) is 4.20. The normalized spacial score (nSPS) is 14.5. The second kappa shape index (κ2) is 10.2. The van der Waals surface area contributed by atoms with Gasteiger partial charge in [-0.3, -0.25) is 9.69 Å². The number of thiocarbonyl (C=S) groups is 1. The summed E-state index contributed by atoms with van der Waals surface area (Å²) in [5.74, 6) is 1.30. The van der Waals surface area contributed by atoms with E-state index in [1.165, 1.54) is 0 Å². The number of amides is 1. The van der Waals surface area contributed by atoms with E-state index in [0.29, 0.717) is 23.2 Å². The molecular weight excluding hydrogens is 500 g/mol. The first-order valence-corrected chi connectivity index (χ1v) is 11.7. The first-order valence-electron chi connectivity index (χ1n) is 10.5. The molecule has 0 atom stereocenters. The molecule has 0 bridgehead atoms. The highest BCUT2D eigenvalue weighted by Gasteiger charge is 2.32. The van der Waals surface area contributed by atoms with Gasteiger partial charge in [-0.15, -0.1) is 0 Å². The maximum atomic E-state index is 13.2. The summed E-state index contributed by atoms with van der Waals surface area (Å²) in [6.45, 7) is 2.39. The van der Waals surface area contributed by atoms with Gasteiger partial charge in [0.15, 0.2) is 5.11 Å². The van der Waals surface area contributed by atoms with Gasteiger partial charge in [-0.25, -0.2) is 0 Å². The number of methoxy groups -OCH3 is 1. The van der Waals surface area contributed by atoms with E-state index in [0.717, 1.165) is 39.0 Å². The number of carbonyl (C=O) groups is 1. The van der Waals surface area contributed by atoms with Gasteiger partial charge in [-0.2, -0.15) is 0 Å². The molecule has 1 N–H and O–H groups in total. The van der Waals surface area contributed by atoms with E-state index in [-0.39, 0.29) is 5.91 Å². The summed E-state index contributed by atoms with van der Waals surface area (Å²) in [5.41, 5.74) is 4.01. The van der Waals surface area contributed by atoms with Crippen LogP contribution in [0.2, 0.25) is 0 Å². The topological polar surface area (TPSA) is 50.8 Å². The summed E-state index contributed by atoms with van der Waals surface area (Å²) in [6.07, 6.45) is 2.60. The molecule has 33 heavy (non-hydrogen) atoms. The van der Waals surface area contributed by atoms with E-state index in [1.54, 1.807) is 18.1 Å². The molecule has 0 spiro atoms. The van der Waals surface area contributed by atoms with Gasteiger partial charge in [0.25, 0.3) is 5.91 Å². The minimum Gasteiger partial charge on any atom is -0.496 e. The van der Waals surface area contributed by atoms with Crippen molar-refractivity contribution in [2.75, 3.05) is 12.0 Å². The SMILES string of the molecule is CCc1ccccc1N1C(=O)/C(=C\c2ccc(OC)c(COc3ccc(Br)cc3)c2)NC1=S. The molecule has 7 heteroatoms. The van der Waals surface area contributed by atoms with Crippen molar-refractivity contribution in [1.29, 1.82) is 0 Å². The van der Waals surface area contributed by atoms with Crippen LogP contribution in [0, 0.1) is 0 Å². The zero-order valence-corrected chi connectivity index (χ0v) is 20.7. The standard InChI is InChI=1S/C26H23BrN2O3S/c1-3-18-6-4-5-7-23(18)29-25(30)22(28-26(29)33)15-17-8-13-24(31-2)19(14-17)16-32-21-11-9-20(27)10-12-21/h4-15H,3,16H2,1-2H3,(H,28,33)/b22-15+. The number of benzene rings is 3. The Kier molecular flexibility index (Phi) is 7.11. The van der Waals surface area contributed by atoms with Crippen LogP contribution in [0.4, 0.5) is 5.69 Å². The molecule has 1 saturated heterocycles. The van der Waals surface area contributed by atoms with E-state index >= 15 is 0 Å². The lowest BCUT2D eigenvalue weighted by molar-refractivity contribution is -0.113. The van der Waals surface area contributed by atoms with Crippen LogP contribution in [-0.2, 0) is 17.8 Å². The lowest BCUT2D eigenvalue weighted by atomic mass is 10.1. The molecule has 0 unspecified atom stereocenters. The fourth-order valence-electron chi connectivity index (χ4n) is 3.64. The molecule has 1 aliphatic rings. The Bertz CT molecular complexity index is 1220. The Morgan fingerprint density at radius 3 is 2.55 bits per heavy atom. The molecule has 168 valence electrons. The second-order valence-electron chi connectivity index (χ2n) is 7.42. The van der Waals surface area contributed by atoms with Crippen LogP contribution in [0.15, 0.2) is 76.9 Å². The highest BCUT2D eigenvalue weighted by Crippen LogP contribution is 2.28. The average molecular weight is 523 g/mol. The maximum Gasteiger partial charge on any atom is 0.281 e. The quantitative estimate of drug-likeness (QED) is 0.311. The number of carbonyl (C=O) groups excluding carboxylic acids is 1. The first kappa shape index (κ1) is 23.0. The largest absolute Gasteiger partial charge is 0.496 e. The molecule has 0 aromatic heterocycles. The Balaban J connectivity index is 1.58. The van der Waals surface area contributed by atoms with E-state index in [1.807, 2.05) is 66.7 Å². The molecule has 0 saturated carbocycles. The van der Waals surface area contributed by atoms with E-state index < -0.39 is 0 Å². The van der Waals surface area contributed by atoms with E-state index in [4.69, 9.17) is 21.7 Å². The highest BCUT2D eigenvalue weighted by molar-refractivity contribution is 9.10. The van der Waals surface area contributed by atoms with Gasteiger partial charge in [0.1, 0.15) is 23.8 Å². The van der Waals surface area contributed by atoms with Gasteiger partial charge >= 0.3 is 0 Å². The van der Waals surface area contributed by atoms with E-state index in [9.17, 15) is 4.79 Å². The number of anilines is 1. The van der Waals surface area contributed by atoms with Crippen LogP contribution >= 0.6 is 28.1 Å². The summed E-state index contributed by atoms with van der Waals surface area (Å²) in [4.78, 5) is 14.7. The fraction of sp³-hybridized carbons (Fsp3) is 0.154. The molecular formula is C26H23BrN2O3S. The van der Waals surface area contributed by atoms with Gasteiger partial charge in [0.05, 0.1) is 12.8 Å². The van der Waals surface area contributed by atoms with Crippen LogP contribution < -0.4 is 19.7 Å². The third-order valence-electron chi connectivity index (χ3n) is 5.32. The van der Waals surface area contributed by atoms with Crippen LogP contribution in [0.1, 0.15) is 23.6 Å². The van der Waals surface area contributed by atoms with Gasteiger partial charge in [-0.1, -0.05) is 47.1 Å². The van der Waals surface area contributed by atoms with Crippen molar-refractivity contribution in [1.82, 2.24) is 5.32 Å². The lowest BCUT2D eigenvalue weighted by Gasteiger charge is -2.17. The molecule has 4 rings (SSSR count). The summed E-state index contributed by atoms with van der Waals surface area (Å²) in [6, 6.07) is 21.2. The maximum absolute atomic E-state index is 13.2. The predicted molar refractivity (Wildman–Crippen MR) is 138 cm³/mol. The Morgan fingerprint density at radius 2 is 1.82 bits per heavy atom. The van der Waals surface area contributed by atoms with Crippen molar-refractivity contribution in [2.24, 2.45) is 0 Å². The van der Waals surface area contributed by atoms with Crippen molar-refractivity contribution in [3.63, 3.8) is 0 Å². The van der Waals surface area contributed by atoms with Crippen LogP contribution in [0.25, 0.3) is 6.08 Å². The highest BCUT2D eigenvalue weighted by atomic mass is 79.9. The van der Waals surface area contributed by atoms with Gasteiger partial charge < -0.3 is 14.8 Å². The minimum absolute atomic E-state index is 0.176. The lowest BCUT2D eigenvalue weighted by Crippen LogP contribution is -2.31. The number of hydrogen-bond donors (Lipinski definition) is 1. The second-order valence-corrected chi connectivity index (χ2v) is 8.73.